The third-order valence-corrected chi connectivity index (χ3v) is 2.51. The lowest BCUT2D eigenvalue weighted by Gasteiger charge is -2.04. The Labute approximate surface area is 97.1 Å². The minimum Gasteiger partial charge on any atom is -0.357 e. The number of rotatable bonds is 2. The first-order valence-electron chi connectivity index (χ1n) is 4.66. The number of nitrogens with zero attached hydrogens (tertiary/aromatic N) is 3. The third-order valence-electron chi connectivity index (χ3n) is 2.27. The lowest BCUT2D eigenvalue weighted by molar-refractivity contribution is 0.629. The molecule has 2 rings (SSSR count). The van der Waals surface area contributed by atoms with Crippen molar-refractivity contribution in [3.8, 4) is 11.4 Å². The van der Waals surface area contributed by atoms with E-state index in [4.69, 9.17) is 11.6 Å². The SMILES string of the molecule is CNc1nnc(-c2ccc(Cl)cc2F)n1C. The molecule has 0 aliphatic rings. The van der Waals surface area contributed by atoms with Gasteiger partial charge in [-0.1, -0.05) is 11.6 Å². The molecule has 2 aromatic rings. The van der Waals surface area contributed by atoms with E-state index >= 15 is 0 Å². The number of nitrogens with one attached hydrogen (secondary N) is 1. The van der Waals surface area contributed by atoms with Crippen LogP contribution in [0.4, 0.5) is 10.3 Å². The number of anilines is 1. The summed E-state index contributed by atoms with van der Waals surface area (Å²) in [5.41, 5.74) is 0.376. The Hall–Kier alpha value is -1.62. The quantitative estimate of drug-likeness (QED) is 0.876. The highest BCUT2D eigenvalue weighted by molar-refractivity contribution is 6.30. The molecule has 0 bridgehead atoms. The Balaban J connectivity index is 2.54. The first kappa shape index (κ1) is 10.9. The van der Waals surface area contributed by atoms with Gasteiger partial charge in [-0.15, -0.1) is 10.2 Å². The molecule has 0 unspecified atom stereocenters. The number of aromatic nitrogens is 3. The average Bonchev–Trinajstić information content (AvgIpc) is 2.60. The molecule has 0 spiro atoms. The van der Waals surface area contributed by atoms with Crippen molar-refractivity contribution in [2.45, 2.75) is 0 Å². The van der Waals surface area contributed by atoms with E-state index in [1.54, 1.807) is 30.8 Å². The zero-order chi connectivity index (χ0) is 11.7. The largest absolute Gasteiger partial charge is 0.357 e. The molecule has 0 saturated carbocycles. The Morgan fingerprint density at radius 2 is 2.12 bits per heavy atom. The summed E-state index contributed by atoms with van der Waals surface area (Å²) < 4.78 is 15.3. The van der Waals surface area contributed by atoms with E-state index in [-0.39, 0.29) is 0 Å². The van der Waals surface area contributed by atoms with Crippen LogP contribution in [0.25, 0.3) is 11.4 Å². The second kappa shape index (κ2) is 4.09. The van der Waals surface area contributed by atoms with Crippen molar-refractivity contribution >= 4 is 17.5 Å². The molecule has 0 atom stereocenters. The molecule has 0 fully saturated rings. The van der Waals surface area contributed by atoms with Crippen LogP contribution in [0, 0.1) is 5.82 Å². The molecule has 16 heavy (non-hydrogen) atoms. The van der Waals surface area contributed by atoms with Crippen molar-refractivity contribution in [3.05, 3.63) is 29.0 Å². The number of hydrogen-bond acceptors (Lipinski definition) is 3. The highest BCUT2D eigenvalue weighted by atomic mass is 35.5. The average molecular weight is 241 g/mol. The summed E-state index contributed by atoms with van der Waals surface area (Å²) in [4.78, 5) is 0. The van der Waals surface area contributed by atoms with Crippen LogP contribution >= 0.6 is 11.6 Å². The molecule has 1 heterocycles. The highest BCUT2D eigenvalue weighted by Crippen LogP contribution is 2.24. The van der Waals surface area contributed by atoms with Crippen LogP contribution in [0.3, 0.4) is 0 Å². The van der Waals surface area contributed by atoms with Crippen LogP contribution in [0.15, 0.2) is 18.2 Å². The summed E-state index contributed by atoms with van der Waals surface area (Å²) in [5.74, 6) is 0.619. The van der Waals surface area contributed by atoms with E-state index in [0.717, 1.165) is 0 Å². The van der Waals surface area contributed by atoms with Crippen LogP contribution in [0.1, 0.15) is 0 Å². The zero-order valence-electron chi connectivity index (χ0n) is 8.83. The number of hydrogen-bond donors (Lipinski definition) is 1. The summed E-state index contributed by atoms with van der Waals surface area (Å²) >= 11 is 5.68. The molecule has 0 aliphatic carbocycles. The maximum atomic E-state index is 13.6. The van der Waals surface area contributed by atoms with E-state index in [2.05, 4.69) is 15.5 Å². The van der Waals surface area contributed by atoms with Crippen molar-refractivity contribution < 1.29 is 4.39 Å². The Kier molecular flexibility index (Phi) is 2.78. The van der Waals surface area contributed by atoms with Gasteiger partial charge in [0.05, 0.1) is 5.56 Å². The smallest absolute Gasteiger partial charge is 0.224 e. The molecule has 1 aromatic heterocycles. The van der Waals surface area contributed by atoms with Gasteiger partial charge in [0.1, 0.15) is 5.82 Å². The van der Waals surface area contributed by atoms with Gasteiger partial charge in [0.2, 0.25) is 5.95 Å². The molecule has 0 amide bonds. The van der Waals surface area contributed by atoms with E-state index in [1.807, 2.05) is 0 Å². The predicted octanol–water partition coefficient (Wildman–Crippen LogP) is 2.32. The molecule has 0 saturated heterocycles. The van der Waals surface area contributed by atoms with E-state index < -0.39 is 5.82 Å². The second-order valence-corrected chi connectivity index (χ2v) is 3.72. The Morgan fingerprint density at radius 1 is 1.38 bits per heavy atom. The fourth-order valence-corrected chi connectivity index (χ4v) is 1.61. The maximum absolute atomic E-state index is 13.6. The summed E-state index contributed by atoms with van der Waals surface area (Å²) in [7, 11) is 3.49. The monoisotopic (exact) mass is 240 g/mol. The van der Waals surface area contributed by atoms with Crippen molar-refractivity contribution in [3.63, 3.8) is 0 Å². The minimum absolute atomic E-state index is 0.359. The van der Waals surface area contributed by atoms with E-state index in [9.17, 15) is 4.39 Å². The van der Waals surface area contributed by atoms with E-state index in [0.29, 0.717) is 22.4 Å². The summed E-state index contributed by atoms with van der Waals surface area (Å²) in [6.07, 6.45) is 0. The fourth-order valence-electron chi connectivity index (χ4n) is 1.45. The van der Waals surface area contributed by atoms with Gasteiger partial charge in [-0.05, 0) is 18.2 Å². The van der Waals surface area contributed by atoms with Crippen LogP contribution in [-0.2, 0) is 7.05 Å². The minimum atomic E-state index is -0.411. The first-order valence-corrected chi connectivity index (χ1v) is 5.04. The normalized spacial score (nSPS) is 10.5. The van der Waals surface area contributed by atoms with Crippen molar-refractivity contribution in [2.24, 2.45) is 7.05 Å². The molecule has 6 heteroatoms. The van der Waals surface area contributed by atoms with Gasteiger partial charge >= 0.3 is 0 Å². The van der Waals surface area contributed by atoms with Crippen molar-refractivity contribution in [1.82, 2.24) is 14.8 Å². The predicted molar refractivity (Wildman–Crippen MR) is 61.0 cm³/mol. The molecule has 1 N–H and O–H groups in total. The van der Waals surface area contributed by atoms with Crippen LogP contribution in [-0.4, -0.2) is 21.8 Å². The molecule has 1 aromatic carbocycles. The molecule has 84 valence electrons. The van der Waals surface area contributed by atoms with E-state index in [1.165, 1.54) is 6.07 Å². The zero-order valence-corrected chi connectivity index (χ0v) is 9.59. The Morgan fingerprint density at radius 3 is 2.69 bits per heavy atom. The van der Waals surface area contributed by atoms with Gasteiger partial charge in [-0.3, -0.25) is 4.57 Å². The molecule has 0 radical (unpaired) electrons. The lowest BCUT2D eigenvalue weighted by Crippen LogP contribution is -2.00. The topological polar surface area (TPSA) is 42.7 Å². The molecule has 4 nitrogen and oxygen atoms in total. The second-order valence-electron chi connectivity index (χ2n) is 3.28. The van der Waals surface area contributed by atoms with Gasteiger partial charge in [-0.2, -0.15) is 0 Å². The van der Waals surface area contributed by atoms with Gasteiger partial charge in [-0.25, -0.2) is 4.39 Å². The summed E-state index contributed by atoms with van der Waals surface area (Å²) in [5, 5.41) is 11.0. The van der Waals surface area contributed by atoms with Gasteiger partial charge in [0, 0.05) is 19.1 Å². The lowest BCUT2D eigenvalue weighted by atomic mass is 10.2. The standard InChI is InChI=1S/C10H10ClFN4/c1-13-10-15-14-9(16(10)2)7-4-3-6(11)5-8(7)12/h3-5H,1-2H3,(H,13,15). The van der Waals surface area contributed by atoms with Crippen LogP contribution < -0.4 is 5.32 Å². The van der Waals surface area contributed by atoms with Gasteiger partial charge in [0.25, 0.3) is 0 Å². The molecular weight excluding hydrogens is 231 g/mol. The summed E-state index contributed by atoms with van der Waals surface area (Å²) in [6, 6.07) is 4.46. The van der Waals surface area contributed by atoms with Crippen LogP contribution in [0.2, 0.25) is 5.02 Å². The summed E-state index contributed by atoms with van der Waals surface area (Å²) in [6.45, 7) is 0. The maximum Gasteiger partial charge on any atom is 0.224 e. The van der Waals surface area contributed by atoms with Crippen molar-refractivity contribution in [1.29, 1.82) is 0 Å². The number of halogens is 2. The van der Waals surface area contributed by atoms with Crippen LogP contribution in [0.5, 0.6) is 0 Å². The van der Waals surface area contributed by atoms with Gasteiger partial charge < -0.3 is 5.32 Å². The fraction of sp³-hybridized carbons (Fsp3) is 0.200. The Bertz CT molecular complexity index is 524. The first-order chi connectivity index (χ1) is 7.63. The molecule has 0 aliphatic heterocycles. The number of benzene rings is 1. The van der Waals surface area contributed by atoms with Gasteiger partial charge in [0.15, 0.2) is 5.82 Å². The highest BCUT2D eigenvalue weighted by Gasteiger charge is 2.13. The molecular formula is C10H10ClFN4. The van der Waals surface area contributed by atoms with Crippen molar-refractivity contribution in [2.75, 3.05) is 12.4 Å². The third kappa shape index (κ3) is 1.74.